The Hall–Kier alpha value is -3.16. The molecule has 0 saturated carbocycles. The van der Waals surface area contributed by atoms with Crippen molar-refractivity contribution in [3.8, 4) is 11.5 Å². The molecule has 0 amide bonds. The van der Waals surface area contributed by atoms with Gasteiger partial charge in [0, 0.05) is 49.2 Å². The van der Waals surface area contributed by atoms with Crippen molar-refractivity contribution in [3.63, 3.8) is 0 Å². The van der Waals surface area contributed by atoms with E-state index in [9.17, 15) is 4.79 Å². The third-order valence-electron chi connectivity index (χ3n) is 5.28. The summed E-state index contributed by atoms with van der Waals surface area (Å²) in [7, 11) is 5.06. The summed E-state index contributed by atoms with van der Waals surface area (Å²) >= 11 is 0. The van der Waals surface area contributed by atoms with E-state index >= 15 is 0 Å². The number of ether oxygens (including phenoxy) is 2. The third-order valence-corrected chi connectivity index (χ3v) is 5.28. The van der Waals surface area contributed by atoms with Crippen LogP contribution in [0.4, 0.5) is 5.82 Å². The lowest BCUT2D eigenvalue weighted by molar-refractivity contribution is 0.0893. The van der Waals surface area contributed by atoms with E-state index in [1.165, 1.54) is 0 Å². The molecule has 1 aromatic carbocycles. The van der Waals surface area contributed by atoms with Crippen molar-refractivity contribution in [2.45, 2.75) is 12.8 Å². The first kappa shape index (κ1) is 18.2. The van der Waals surface area contributed by atoms with Gasteiger partial charge in [-0.15, -0.1) is 5.10 Å². The number of benzene rings is 1. The molecular weight excluding hydrogens is 358 g/mol. The van der Waals surface area contributed by atoms with Crippen molar-refractivity contribution in [1.82, 2.24) is 19.7 Å². The highest BCUT2D eigenvalue weighted by atomic mass is 16.5. The zero-order chi connectivity index (χ0) is 19.7. The van der Waals surface area contributed by atoms with Crippen LogP contribution in [0, 0.1) is 5.92 Å². The summed E-state index contributed by atoms with van der Waals surface area (Å²) < 4.78 is 12.6. The molecule has 0 radical (unpaired) electrons. The van der Waals surface area contributed by atoms with Crippen LogP contribution >= 0.6 is 0 Å². The number of hydrogen-bond donors (Lipinski definition) is 0. The van der Waals surface area contributed by atoms with Gasteiger partial charge in [-0.05, 0) is 25.0 Å². The predicted molar refractivity (Wildman–Crippen MR) is 105 cm³/mol. The van der Waals surface area contributed by atoms with Crippen LogP contribution in [0.2, 0.25) is 0 Å². The Kier molecular flexibility index (Phi) is 4.85. The van der Waals surface area contributed by atoms with E-state index in [0.29, 0.717) is 23.9 Å². The number of methoxy groups -OCH3 is 2. The lowest BCUT2D eigenvalue weighted by Gasteiger charge is -2.33. The maximum absolute atomic E-state index is 12.9. The van der Waals surface area contributed by atoms with Crippen LogP contribution in [0.1, 0.15) is 23.5 Å². The van der Waals surface area contributed by atoms with Crippen LogP contribution < -0.4 is 14.4 Å². The van der Waals surface area contributed by atoms with Gasteiger partial charge in [-0.2, -0.15) is 5.10 Å². The van der Waals surface area contributed by atoms with Gasteiger partial charge in [0.25, 0.3) is 0 Å². The van der Waals surface area contributed by atoms with Gasteiger partial charge in [0.2, 0.25) is 5.78 Å². The number of carbonyl (C=O) groups excluding carboxylic acids is 1. The van der Waals surface area contributed by atoms with Crippen LogP contribution in [0.15, 0.2) is 30.7 Å². The first-order chi connectivity index (χ1) is 13.6. The zero-order valence-electron chi connectivity index (χ0n) is 16.3. The van der Waals surface area contributed by atoms with E-state index in [0.717, 1.165) is 36.0 Å². The molecule has 1 unspecified atom stereocenters. The normalized spacial score (nSPS) is 17.0. The average molecular weight is 381 g/mol. The smallest absolute Gasteiger partial charge is 0.203 e. The summed E-state index contributed by atoms with van der Waals surface area (Å²) in [5.41, 5.74) is 0. The number of Topliss-reactive ketones (excluding diaryl/α,β-unsaturated/α-hetero) is 1. The number of anilines is 1. The lowest BCUT2D eigenvalue weighted by atomic mass is 9.93. The minimum atomic E-state index is -0.118. The van der Waals surface area contributed by atoms with Gasteiger partial charge in [-0.3, -0.25) is 4.79 Å². The Morgan fingerprint density at radius 1 is 1.21 bits per heavy atom. The second-order valence-electron chi connectivity index (χ2n) is 6.97. The van der Waals surface area contributed by atoms with Crippen LogP contribution in [-0.2, 0) is 7.05 Å². The molecule has 146 valence electrons. The molecule has 0 N–H and O–H groups in total. The molecule has 8 nitrogen and oxygen atoms in total. The Bertz CT molecular complexity index is 1020. The molecule has 3 aromatic rings. The largest absolute Gasteiger partial charge is 0.493 e. The fourth-order valence-electron chi connectivity index (χ4n) is 3.80. The molecule has 1 aliphatic heterocycles. The van der Waals surface area contributed by atoms with Gasteiger partial charge < -0.3 is 18.9 Å². The number of aryl methyl sites for hydroxylation is 1. The summed E-state index contributed by atoms with van der Waals surface area (Å²) in [5.74, 6) is 2.51. The van der Waals surface area contributed by atoms with E-state index in [1.54, 1.807) is 37.4 Å². The number of fused-ring (bicyclic) bond motifs is 1. The fourth-order valence-corrected chi connectivity index (χ4v) is 3.80. The topological polar surface area (TPSA) is 82.4 Å². The zero-order valence-corrected chi connectivity index (χ0v) is 16.3. The van der Waals surface area contributed by atoms with Crippen molar-refractivity contribution < 1.29 is 14.3 Å². The van der Waals surface area contributed by atoms with Crippen molar-refractivity contribution in [2.24, 2.45) is 13.0 Å². The number of ketones is 1. The molecule has 1 aliphatic rings. The standard InChI is InChI=1S/C20H23N5O3/c1-24-8-6-21-20(24)18(26)13-5-4-7-25(12-13)19-15-10-17(28-3)16(27-2)9-14(15)11-22-23-19/h6,8-11,13H,4-5,7,12H2,1-3H3. The molecule has 0 aliphatic carbocycles. The molecule has 1 fully saturated rings. The van der Waals surface area contributed by atoms with E-state index in [2.05, 4.69) is 20.1 Å². The summed E-state index contributed by atoms with van der Waals surface area (Å²) in [6.07, 6.45) is 6.92. The Morgan fingerprint density at radius 3 is 2.71 bits per heavy atom. The predicted octanol–water partition coefficient (Wildman–Crippen LogP) is 2.48. The minimum Gasteiger partial charge on any atom is -0.493 e. The summed E-state index contributed by atoms with van der Waals surface area (Å²) in [6.45, 7) is 1.42. The maximum Gasteiger partial charge on any atom is 0.203 e. The number of rotatable bonds is 5. The summed E-state index contributed by atoms with van der Waals surface area (Å²) in [6, 6.07) is 3.81. The molecule has 1 atom stereocenters. The Labute approximate surface area is 163 Å². The molecule has 28 heavy (non-hydrogen) atoms. The summed E-state index contributed by atoms with van der Waals surface area (Å²) in [5, 5.41) is 10.4. The maximum atomic E-state index is 12.9. The van der Waals surface area contributed by atoms with Crippen molar-refractivity contribution in [1.29, 1.82) is 0 Å². The van der Waals surface area contributed by atoms with E-state index in [-0.39, 0.29) is 11.7 Å². The number of aromatic nitrogens is 4. The molecule has 2 aromatic heterocycles. The number of nitrogens with zero attached hydrogens (tertiary/aromatic N) is 5. The van der Waals surface area contributed by atoms with Crippen LogP contribution in [0.5, 0.6) is 11.5 Å². The van der Waals surface area contributed by atoms with Gasteiger partial charge in [0.05, 0.1) is 20.4 Å². The van der Waals surface area contributed by atoms with Crippen LogP contribution in [0.3, 0.4) is 0 Å². The van der Waals surface area contributed by atoms with Crippen LogP contribution in [-0.4, -0.2) is 52.8 Å². The number of piperidine rings is 1. The SMILES string of the molecule is COc1cc2cnnc(N3CCCC(C(=O)c4nccn4C)C3)c2cc1OC. The van der Waals surface area contributed by atoms with Gasteiger partial charge >= 0.3 is 0 Å². The molecular formula is C20H23N5O3. The van der Waals surface area contributed by atoms with Crippen molar-refractivity contribution in [3.05, 3.63) is 36.5 Å². The van der Waals surface area contributed by atoms with Crippen molar-refractivity contribution in [2.75, 3.05) is 32.2 Å². The molecule has 0 spiro atoms. The molecule has 3 heterocycles. The monoisotopic (exact) mass is 381 g/mol. The Morgan fingerprint density at radius 2 is 2.00 bits per heavy atom. The highest BCUT2D eigenvalue weighted by molar-refractivity contribution is 5.96. The first-order valence-corrected chi connectivity index (χ1v) is 9.26. The van der Waals surface area contributed by atoms with Crippen molar-refractivity contribution >= 4 is 22.4 Å². The minimum absolute atomic E-state index is 0.0737. The number of imidazole rings is 1. The molecule has 4 rings (SSSR count). The Balaban J connectivity index is 1.67. The first-order valence-electron chi connectivity index (χ1n) is 9.26. The highest BCUT2D eigenvalue weighted by Crippen LogP contribution is 2.36. The van der Waals surface area contributed by atoms with Gasteiger partial charge in [0.1, 0.15) is 0 Å². The second kappa shape index (κ2) is 7.46. The fraction of sp³-hybridized carbons (Fsp3) is 0.400. The van der Waals surface area contributed by atoms with Crippen LogP contribution in [0.25, 0.3) is 10.8 Å². The second-order valence-corrected chi connectivity index (χ2v) is 6.97. The third kappa shape index (κ3) is 3.15. The molecule has 0 bridgehead atoms. The number of carbonyl (C=O) groups is 1. The quantitative estimate of drug-likeness (QED) is 0.628. The lowest BCUT2D eigenvalue weighted by Crippen LogP contribution is -2.40. The van der Waals surface area contributed by atoms with E-state index in [4.69, 9.17) is 9.47 Å². The van der Waals surface area contributed by atoms with Gasteiger partial charge in [-0.1, -0.05) is 0 Å². The van der Waals surface area contributed by atoms with E-state index < -0.39 is 0 Å². The van der Waals surface area contributed by atoms with Gasteiger partial charge in [0.15, 0.2) is 23.1 Å². The summed E-state index contributed by atoms with van der Waals surface area (Å²) in [4.78, 5) is 19.3. The molecule has 8 heteroatoms. The molecule has 1 saturated heterocycles. The van der Waals surface area contributed by atoms with E-state index in [1.807, 2.05) is 19.2 Å². The van der Waals surface area contributed by atoms with Gasteiger partial charge in [-0.25, -0.2) is 4.98 Å². The average Bonchev–Trinajstić information content (AvgIpc) is 3.17. The highest BCUT2D eigenvalue weighted by Gasteiger charge is 2.30. The number of hydrogen-bond acceptors (Lipinski definition) is 7.